The lowest BCUT2D eigenvalue weighted by Gasteiger charge is -2.04. The maximum absolute atomic E-state index is 10.9. The Morgan fingerprint density at radius 2 is 0.773 bits per heavy atom. The molecule has 0 radical (unpaired) electrons. The highest BCUT2D eigenvalue weighted by atomic mass is 35.5. The Morgan fingerprint density at radius 3 is 0.955 bits per heavy atom. The molecule has 22 heavy (non-hydrogen) atoms. The fourth-order valence-corrected chi connectivity index (χ4v) is 2.60. The second kappa shape index (κ2) is 7.40. The molecule has 0 aliphatic carbocycles. The first-order valence-electron chi connectivity index (χ1n) is 5.33. The first-order chi connectivity index (χ1) is 9.18. The summed E-state index contributed by atoms with van der Waals surface area (Å²) in [6.45, 7) is 0. The van der Waals surface area contributed by atoms with E-state index in [-0.39, 0.29) is 34.6 Å². The van der Waals surface area contributed by atoms with Crippen molar-refractivity contribution in [1.29, 1.82) is 0 Å². The van der Waals surface area contributed by atoms with E-state index in [2.05, 4.69) is 0 Å². The summed E-state index contributed by atoms with van der Waals surface area (Å²) in [6, 6.07) is 10.9. The van der Waals surface area contributed by atoms with Crippen LogP contribution in [0.25, 0.3) is 11.1 Å². The summed E-state index contributed by atoms with van der Waals surface area (Å²) in [5.74, 6) is 0. The van der Waals surface area contributed by atoms with E-state index in [1.165, 1.54) is 48.5 Å². The van der Waals surface area contributed by atoms with Crippen molar-refractivity contribution in [3.05, 3.63) is 48.5 Å². The van der Waals surface area contributed by atoms with Gasteiger partial charge in [-0.15, -0.1) is 24.8 Å². The van der Waals surface area contributed by atoms with Crippen molar-refractivity contribution in [3.8, 4) is 11.1 Å². The van der Waals surface area contributed by atoms with Gasteiger partial charge in [-0.2, -0.15) is 16.8 Å². The van der Waals surface area contributed by atoms with Gasteiger partial charge >= 0.3 is 0 Å². The van der Waals surface area contributed by atoms with Crippen molar-refractivity contribution in [1.82, 2.24) is 0 Å². The van der Waals surface area contributed by atoms with E-state index in [1.54, 1.807) is 0 Å². The topological polar surface area (TPSA) is 109 Å². The summed E-state index contributed by atoms with van der Waals surface area (Å²) < 4.78 is 61.3. The molecule has 122 valence electrons. The Bertz CT molecular complexity index is 755. The van der Waals surface area contributed by atoms with E-state index in [0.717, 1.165) is 0 Å². The molecule has 0 aliphatic rings. The molecule has 0 heterocycles. The second-order valence-electron chi connectivity index (χ2n) is 4.00. The number of hydrogen-bond acceptors (Lipinski definition) is 4. The maximum atomic E-state index is 10.9. The SMILES string of the molecule is Cl.Cl.O=S(=O)(O)c1ccc(-c2ccc(S(=O)(=O)O)cc2)cc1. The van der Waals surface area contributed by atoms with Gasteiger partial charge < -0.3 is 0 Å². The van der Waals surface area contributed by atoms with E-state index in [0.29, 0.717) is 11.1 Å². The highest BCUT2D eigenvalue weighted by Gasteiger charge is 2.11. The van der Waals surface area contributed by atoms with Crippen LogP contribution in [-0.4, -0.2) is 25.9 Å². The van der Waals surface area contributed by atoms with Gasteiger partial charge in [-0.25, -0.2) is 0 Å². The molecule has 0 bridgehead atoms. The van der Waals surface area contributed by atoms with Gasteiger partial charge in [0, 0.05) is 0 Å². The van der Waals surface area contributed by atoms with Gasteiger partial charge in [0.2, 0.25) is 0 Å². The van der Waals surface area contributed by atoms with E-state index in [9.17, 15) is 16.8 Å². The number of benzene rings is 2. The average Bonchev–Trinajstić information content (AvgIpc) is 2.37. The molecule has 2 aromatic rings. The van der Waals surface area contributed by atoms with Crippen LogP contribution in [0.3, 0.4) is 0 Å². The van der Waals surface area contributed by atoms with Gasteiger partial charge in [0.15, 0.2) is 0 Å². The van der Waals surface area contributed by atoms with Crippen LogP contribution < -0.4 is 0 Å². The van der Waals surface area contributed by atoms with Crippen molar-refractivity contribution in [2.45, 2.75) is 9.79 Å². The standard InChI is InChI=1S/C12H10O6S2.2ClH/c13-19(14,15)11-5-1-9(2-6-11)10-3-7-12(8-4-10)20(16,17)18;;/h1-8H,(H,13,14,15)(H,16,17,18);2*1H. The predicted octanol–water partition coefficient (Wildman–Crippen LogP) is 2.69. The number of hydrogen-bond donors (Lipinski definition) is 2. The van der Waals surface area contributed by atoms with E-state index < -0.39 is 20.2 Å². The molecular formula is C12H12Cl2O6S2. The van der Waals surface area contributed by atoms with Crippen molar-refractivity contribution in [2.24, 2.45) is 0 Å². The van der Waals surface area contributed by atoms with E-state index in [1.807, 2.05) is 0 Å². The molecule has 0 saturated heterocycles. The van der Waals surface area contributed by atoms with Crippen LogP contribution in [0.5, 0.6) is 0 Å². The molecule has 0 fully saturated rings. The minimum Gasteiger partial charge on any atom is -0.282 e. The summed E-state index contributed by atoms with van der Waals surface area (Å²) in [7, 11) is -8.48. The molecule has 0 spiro atoms. The third kappa shape index (κ3) is 4.94. The van der Waals surface area contributed by atoms with Crippen LogP contribution in [0.2, 0.25) is 0 Å². The molecule has 6 nitrogen and oxygen atoms in total. The average molecular weight is 387 g/mol. The highest BCUT2D eigenvalue weighted by molar-refractivity contribution is 7.86. The first kappa shape index (κ1) is 20.8. The Kier molecular flexibility index (Phi) is 7.01. The monoisotopic (exact) mass is 386 g/mol. The first-order valence-corrected chi connectivity index (χ1v) is 8.21. The number of halogens is 2. The third-order valence-electron chi connectivity index (χ3n) is 2.64. The van der Waals surface area contributed by atoms with Crippen LogP contribution in [0.4, 0.5) is 0 Å². The zero-order valence-electron chi connectivity index (χ0n) is 10.8. The van der Waals surface area contributed by atoms with Crippen LogP contribution in [0.15, 0.2) is 58.3 Å². The Balaban J connectivity index is 0.00000220. The largest absolute Gasteiger partial charge is 0.294 e. The smallest absolute Gasteiger partial charge is 0.282 e. The van der Waals surface area contributed by atoms with Crippen LogP contribution in [-0.2, 0) is 20.2 Å². The fraction of sp³-hybridized carbons (Fsp3) is 0. The zero-order valence-corrected chi connectivity index (χ0v) is 14.0. The molecular weight excluding hydrogens is 375 g/mol. The fourth-order valence-electron chi connectivity index (χ4n) is 1.64. The Morgan fingerprint density at radius 1 is 0.545 bits per heavy atom. The lowest BCUT2D eigenvalue weighted by molar-refractivity contribution is 0.481. The maximum Gasteiger partial charge on any atom is 0.294 e. The van der Waals surface area contributed by atoms with Crippen molar-refractivity contribution < 1.29 is 25.9 Å². The normalized spacial score (nSPS) is 11.2. The van der Waals surface area contributed by atoms with Crippen molar-refractivity contribution in [3.63, 3.8) is 0 Å². The summed E-state index contributed by atoms with van der Waals surface area (Å²) in [5, 5.41) is 0. The molecule has 2 aromatic carbocycles. The summed E-state index contributed by atoms with van der Waals surface area (Å²) in [5.41, 5.74) is 1.28. The van der Waals surface area contributed by atoms with Gasteiger partial charge in [0.25, 0.3) is 20.2 Å². The van der Waals surface area contributed by atoms with E-state index in [4.69, 9.17) is 9.11 Å². The highest BCUT2D eigenvalue weighted by Crippen LogP contribution is 2.22. The molecule has 0 amide bonds. The van der Waals surface area contributed by atoms with Crippen LogP contribution in [0.1, 0.15) is 0 Å². The molecule has 0 atom stereocenters. The molecule has 2 rings (SSSR count). The molecule has 10 heteroatoms. The minimum atomic E-state index is -4.24. The summed E-state index contributed by atoms with van der Waals surface area (Å²) >= 11 is 0. The van der Waals surface area contributed by atoms with Crippen molar-refractivity contribution >= 4 is 45.1 Å². The zero-order chi connectivity index (χ0) is 15.0. The van der Waals surface area contributed by atoms with Gasteiger partial charge in [-0.1, -0.05) is 24.3 Å². The molecule has 2 N–H and O–H groups in total. The third-order valence-corrected chi connectivity index (χ3v) is 4.37. The number of rotatable bonds is 3. The second-order valence-corrected chi connectivity index (χ2v) is 6.84. The molecule has 0 unspecified atom stereocenters. The predicted molar refractivity (Wildman–Crippen MR) is 86.0 cm³/mol. The van der Waals surface area contributed by atoms with Crippen LogP contribution >= 0.6 is 24.8 Å². The van der Waals surface area contributed by atoms with Gasteiger partial charge in [-0.3, -0.25) is 9.11 Å². The van der Waals surface area contributed by atoms with E-state index >= 15 is 0 Å². The van der Waals surface area contributed by atoms with Crippen molar-refractivity contribution in [2.75, 3.05) is 0 Å². The van der Waals surface area contributed by atoms with Gasteiger partial charge in [0.1, 0.15) is 0 Å². The molecule has 0 saturated carbocycles. The van der Waals surface area contributed by atoms with Crippen LogP contribution in [0, 0.1) is 0 Å². The Labute approximate surface area is 140 Å². The lowest BCUT2D eigenvalue weighted by Crippen LogP contribution is -1.98. The minimum absolute atomic E-state index is 0. The summed E-state index contributed by atoms with van der Waals surface area (Å²) in [6.07, 6.45) is 0. The summed E-state index contributed by atoms with van der Waals surface area (Å²) in [4.78, 5) is -0.452. The Hall–Kier alpha value is -1.16. The lowest BCUT2D eigenvalue weighted by atomic mass is 10.1. The molecule has 0 aliphatic heterocycles. The molecule has 0 aromatic heterocycles. The van der Waals surface area contributed by atoms with Gasteiger partial charge in [0.05, 0.1) is 9.79 Å². The quantitative estimate of drug-likeness (QED) is 0.784. The van der Waals surface area contributed by atoms with Gasteiger partial charge in [-0.05, 0) is 35.4 Å².